The van der Waals surface area contributed by atoms with Crippen molar-refractivity contribution >= 4 is 5.96 Å². The van der Waals surface area contributed by atoms with Gasteiger partial charge in [-0.25, -0.2) is 0 Å². The summed E-state index contributed by atoms with van der Waals surface area (Å²) in [5.74, 6) is 2.12. The highest BCUT2D eigenvalue weighted by atomic mass is 15.2. The first-order valence-corrected chi connectivity index (χ1v) is 9.43. The van der Waals surface area contributed by atoms with Crippen LogP contribution in [-0.4, -0.2) is 50.1 Å². The predicted molar refractivity (Wildman–Crippen MR) is 104 cm³/mol. The zero-order valence-electron chi connectivity index (χ0n) is 15.8. The van der Waals surface area contributed by atoms with Gasteiger partial charge in [0.15, 0.2) is 5.96 Å². The third-order valence-electron chi connectivity index (χ3n) is 4.85. The lowest BCUT2D eigenvalue weighted by molar-refractivity contribution is 0.342. The minimum absolute atomic E-state index is 0.433. The highest BCUT2D eigenvalue weighted by Crippen LogP contribution is 2.17. The minimum atomic E-state index is 0.433. The third kappa shape index (κ3) is 5.82. The van der Waals surface area contributed by atoms with Crippen LogP contribution in [0.25, 0.3) is 0 Å². The van der Waals surface area contributed by atoms with Gasteiger partial charge in [0.25, 0.3) is 0 Å². The molecule has 134 valence electrons. The number of rotatable bonds is 7. The lowest BCUT2D eigenvalue weighted by Crippen LogP contribution is -2.40. The fourth-order valence-corrected chi connectivity index (χ4v) is 3.26. The van der Waals surface area contributed by atoms with Crippen molar-refractivity contribution in [2.75, 3.05) is 39.3 Å². The van der Waals surface area contributed by atoms with E-state index in [9.17, 15) is 0 Å². The van der Waals surface area contributed by atoms with E-state index in [-0.39, 0.29) is 0 Å². The number of nitrogens with one attached hydrogen (secondary N) is 2. The molecule has 0 bridgehead atoms. The molecule has 2 unspecified atom stereocenters. The molecular formula is C20H34N4. The number of hydrogen-bond acceptors (Lipinski definition) is 2. The lowest BCUT2D eigenvalue weighted by atomic mass is 10.00. The van der Waals surface area contributed by atoms with Crippen molar-refractivity contribution in [2.24, 2.45) is 10.9 Å². The summed E-state index contributed by atoms with van der Waals surface area (Å²) in [6.07, 6.45) is 1.29. The molecule has 24 heavy (non-hydrogen) atoms. The molecule has 1 saturated heterocycles. The molecule has 0 radical (unpaired) electrons. The first-order chi connectivity index (χ1) is 11.6. The van der Waals surface area contributed by atoms with Crippen LogP contribution >= 0.6 is 0 Å². The molecule has 2 N–H and O–H groups in total. The van der Waals surface area contributed by atoms with Crippen LogP contribution in [0.4, 0.5) is 0 Å². The van der Waals surface area contributed by atoms with Gasteiger partial charge in [-0.3, -0.25) is 4.99 Å². The first kappa shape index (κ1) is 18.8. The van der Waals surface area contributed by atoms with Gasteiger partial charge < -0.3 is 15.5 Å². The summed E-state index contributed by atoms with van der Waals surface area (Å²) < 4.78 is 0. The molecule has 2 atom stereocenters. The van der Waals surface area contributed by atoms with Crippen LogP contribution in [0.1, 0.15) is 44.2 Å². The van der Waals surface area contributed by atoms with E-state index in [1.165, 1.54) is 37.2 Å². The monoisotopic (exact) mass is 330 g/mol. The Morgan fingerprint density at radius 3 is 2.83 bits per heavy atom. The van der Waals surface area contributed by atoms with Gasteiger partial charge >= 0.3 is 0 Å². The van der Waals surface area contributed by atoms with Crippen LogP contribution in [0, 0.1) is 12.8 Å². The molecule has 1 aliphatic heterocycles. The molecule has 0 saturated carbocycles. The van der Waals surface area contributed by atoms with Gasteiger partial charge in [-0.15, -0.1) is 0 Å². The molecule has 0 amide bonds. The maximum atomic E-state index is 4.80. The molecular weight excluding hydrogens is 296 g/mol. The number of hydrogen-bond donors (Lipinski definition) is 2. The van der Waals surface area contributed by atoms with E-state index in [2.05, 4.69) is 67.5 Å². The zero-order chi connectivity index (χ0) is 17.4. The van der Waals surface area contributed by atoms with Crippen molar-refractivity contribution in [3.8, 4) is 0 Å². The van der Waals surface area contributed by atoms with Gasteiger partial charge in [-0.1, -0.05) is 43.7 Å². The molecule has 4 heteroatoms. The van der Waals surface area contributed by atoms with Crippen molar-refractivity contribution in [3.05, 3.63) is 35.4 Å². The van der Waals surface area contributed by atoms with Crippen LogP contribution in [0.15, 0.2) is 29.3 Å². The van der Waals surface area contributed by atoms with Crippen LogP contribution in [0.3, 0.4) is 0 Å². The second-order valence-corrected chi connectivity index (χ2v) is 6.96. The second-order valence-electron chi connectivity index (χ2n) is 6.96. The summed E-state index contributed by atoms with van der Waals surface area (Å²) in [4.78, 5) is 7.32. The zero-order valence-corrected chi connectivity index (χ0v) is 15.8. The average Bonchev–Trinajstić information content (AvgIpc) is 3.05. The molecule has 1 aromatic rings. The van der Waals surface area contributed by atoms with E-state index in [1.54, 1.807) is 0 Å². The Morgan fingerprint density at radius 2 is 2.17 bits per heavy atom. The van der Waals surface area contributed by atoms with E-state index < -0.39 is 0 Å². The topological polar surface area (TPSA) is 39.7 Å². The number of likely N-dealkylation sites (tertiary alicyclic amines) is 1. The van der Waals surface area contributed by atoms with Crippen LogP contribution in [0.2, 0.25) is 0 Å². The van der Waals surface area contributed by atoms with Crippen molar-refractivity contribution in [2.45, 2.75) is 40.0 Å². The van der Waals surface area contributed by atoms with Crippen molar-refractivity contribution in [3.63, 3.8) is 0 Å². The molecule has 2 rings (SSSR count). The van der Waals surface area contributed by atoms with Crippen molar-refractivity contribution < 1.29 is 0 Å². The fraction of sp³-hybridized carbons (Fsp3) is 0.650. The predicted octanol–water partition coefficient (Wildman–Crippen LogP) is 3.00. The van der Waals surface area contributed by atoms with Gasteiger partial charge in [0.1, 0.15) is 0 Å². The Hall–Kier alpha value is -1.55. The average molecular weight is 331 g/mol. The largest absolute Gasteiger partial charge is 0.357 e. The van der Waals surface area contributed by atoms with Gasteiger partial charge in [0, 0.05) is 32.1 Å². The van der Waals surface area contributed by atoms with E-state index in [1.807, 2.05) is 0 Å². The second kappa shape index (κ2) is 9.67. The van der Waals surface area contributed by atoms with Crippen LogP contribution in [-0.2, 0) is 0 Å². The van der Waals surface area contributed by atoms with E-state index >= 15 is 0 Å². The van der Waals surface area contributed by atoms with E-state index in [0.29, 0.717) is 5.92 Å². The molecule has 1 aliphatic rings. The highest BCUT2D eigenvalue weighted by Gasteiger charge is 2.21. The Bertz CT molecular complexity index is 526. The number of aryl methyl sites for hydroxylation is 1. The molecule has 0 aliphatic carbocycles. The summed E-state index contributed by atoms with van der Waals surface area (Å²) in [5, 5.41) is 6.91. The van der Waals surface area contributed by atoms with E-state index in [0.717, 1.165) is 31.5 Å². The molecule has 1 fully saturated rings. The van der Waals surface area contributed by atoms with Gasteiger partial charge in [-0.05, 0) is 44.8 Å². The SMILES string of the molecule is CCNC(=NCC(C)c1cccc(C)c1)NCC1CCN(CC)C1. The van der Waals surface area contributed by atoms with Crippen molar-refractivity contribution in [1.29, 1.82) is 0 Å². The quantitative estimate of drug-likeness (QED) is 0.596. The normalized spacial score (nSPS) is 20.2. The van der Waals surface area contributed by atoms with Crippen LogP contribution in [0.5, 0.6) is 0 Å². The maximum Gasteiger partial charge on any atom is 0.191 e. The molecule has 1 heterocycles. The Labute approximate surface area is 147 Å². The summed E-state index contributed by atoms with van der Waals surface area (Å²) in [7, 11) is 0. The highest BCUT2D eigenvalue weighted by molar-refractivity contribution is 5.79. The number of benzene rings is 1. The van der Waals surface area contributed by atoms with Crippen LogP contribution < -0.4 is 10.6 Å². The minimum Gasteiger partial charge on any atom is -0.357 e. The Kier molecular flexibility index (Phi) is 7.57. The maximum absolute atomic E-state index is 4.80. The number of nitrogens with zero attached hydrogens (tertiary/aromatic N) is 2. The van der Waals surface area contributed by atoms with Gasteiger partial charge in [0.2, 0.25) is 0 Å². The summed E-state index contributed by atoms with van der Waals surface area (Å²) in [6, 6.07) is 8.74. The number of guanidine groups is 1. The molecule has 0 aromatic heterocycles. The fourth-order valence-electron chi connectivity index (χ4n) is 3.26. The standard InChI is InChI=1S/C20H34N4/c1-5-21-20(23-14-18-10-11-24(6-2)15-18)22-13-17(4)19-9-7-8-16(3)12-19/h7-9,12,17-18H,5-6,10-11,13-15H2,1-4H3,(H2,21,22,23). The molecule has 4 nitrogen and oxygen atoms in total. The van der Waals surface area contributed by atoms with Gasteiger partial charge in [0.05, 0.1) is 0 Å². The van der Waals surface area contributed by atoms with Crippen molar-refractivity contribution in [1.82, 2.24) is 15.5 Å². The third-order valence-corrected chi connectivity index (χ3v) is 4.85. The lowest BCUT2D eigenvalue weighted by Gasteiger charge is -2.17. The summed E-state index contributed by atoms with van der Waals surface area (Å²) >= 11 is 0. The Balaban J connectivity index is 1.85. The summed E-state index contributed by atoms with van der Waals surface area (Å²) in [5.41, 5.74) is 2.68. The summed E-state index contributed by atoms with van der Waals surface area (Å²) in [6.45, 7) is 15.1. The smallest absolute Gasteiger partial charge is 0.191 e. The molecule has 1 aromatic carbocycles. The molecule has 0 spiro atoms. The van der Waals surface area contributed by atoms with Gasteiger partial charge in [-0.2, -0.15) is 0 Å². The number of aliphatic imine (C=N–C) groups is 1. The first-order valence-electron chi connectivity index (χ1n) is 9.43. The Morgan fingerprint density at radius 1 is 1.33 bits per heavy atom. The van der Waals surface area contributed by atoms with E-state index in [4.69, 9.17) is 4.99 Å².